The molecule has 0 fully saturated rings. The first kappa shape index (κ1) is 21.7. The summed E-state index contributed by atoms with van der Waals surface area (Å²) < 4.78 is 5.66. The second-order valence-corrected chi connectivity index (χ2v) is 10.0. The van der Waals surface area contributed by atoms with Crippen molar-refractivity contribution >= 4 is 51.5 Å². The van der Waals surface area contributed by atoms with E-state index in [0.29, 0.717) is 5.56 Å². The number of allylic oxidation sites excluding steroid dienone is 1. The third-order valence-electron chi connectivity index (χ3n) is 6.81. The number of amides is 1. The van der Waals surface area contributed by atoms with Gasteiger partial charge in [0.25, 0.3) is 5.91 Å². The van der Waals surface area contributed by atoms with Crippen molar-refractivity contribution < 1.29 is 14.3 Å². The highest BCUT2D eigenvalue weighted by molar-refractivity contribution is 7.10. The molecule has 0 spiro atoms. The van der Waals surface area contributed by atoms with E-state index in [2.05, 4.69) is 17.5 Å². The number of rotatable bonds is 4. The number of hydrogen-bond donors (Lipinski definition) is 0. The number of ether oxygens (including phenoxy) is 1. The normalized spacial score (nSPS) is 17.6. The Morgan fingerprint density at radius 1 is 1.09 bits per heavy atom. The molecule has 2 aliphatic rings. The van der Waals surface area contributed by atoms with E-state index in [1.54, 1.807) is 16.2 Å². The maximum absolute atomic E-state index is 13.5. The van der Waals surface area contributed by atoms with Gasteiger partial charge in [0.05, 0.1) is 16.8 Å². The predicted molar refractivity (Wildman–Crippen MR) is 140 cm³/mol. The van der Waals surface area contributed by atoms with Gasteiger partial charge in [0.2, 0.25) is 0 Å². The van der Waals surface area contributed by atoms with Crippen molar-refractivity contribution in [3.8, 4) is 0 Å². The summed E-state index contributed by atoms with van der Waals surface area (Å²) in [5.41, 5.74) is 6.22. The smallest absolute Gasteiger partial charge is 0.339 e. The zero-order valence-corrected chi connectivity index (χ0v) is 20.2. The van der Waals surface area contributed by atoms with E-state index >= 15 is 0 Å². The molecule has 0 radical (unpaired) electrons. The summed E-state index contributed by atoms with van der Waals surface area (Å²) in [5.74, 6) is -0.671. The van der Waals surface area contributed by atoms with Gasteiger partial charge in [-0.25, -0.2) is 9.78 Å². The minimum atomic E-state index is -0.467. The fourth-order valence-electron chi connectivity index (χ4n) is 5.27. The van der Waals surface area contributed by atoms with Crippen LogP contribution < -0.4 is 4.90 Å². The highest BCUT2D eigenvalue weighted by Gasteiger charge is 2.32. The number of carbonyl (C=O) groups excluding carboxylic acids is 2. The maximum atomic E-state index is 13.5. The first-order chi connectivity index (χ1) is 17.1. The lowest BCUT2D eigenvalue weighted by Crippen LogP contribution is -2.38. The lowest BCUT2D eigenvalue weighted by Gasteiger charge is -2.22. The van der Waals surface area contributed by atoms with Crippen LogP contribution in [0.25, 0.3) is 22.6 Å². The Kier molecular flexibility index (Phi) is 5.46. The monoisotopic (exact) mass is 480 g/mol. The van der Waals surface area contributed by atoms with Crippen LogP contribution in [-0.4, -0.2) is 29.5 Å². The SMILES string of the molecule is CC1Cc2ccccc2N1C(=O)COC(=O)c1c2c(nc3ccccc13)C(=Cc1cccs1)CC2. The van der Waals surface area contributed by atoms with Gasteiger partial charge in [-0.2, -0.15) is 0 Å². The van der Waals surface area contributed by atoms with Gasteiger partial charge in [-0.3, -0.25) is 4.79 Å². The summed E-state index contributed by atoms with van der Waals surface area (Å²) >= 11 is 1.68. The Balaban J connectivity index is 1.31. The van der Waals surface area contributed by atoms with Crippen LogP contribution in [0, 0.1) is 0 Å². The molecule has 1 aliphatic carbocycles. The number of aromatic nitrogens is 1. The van der Waals surface area contributed by atoms with Crippen molar-refractivity contribution in [1.29, 1.82) is 0 Å². The number of hydrogen-bond acceptors (Lipinski definition) is 5. The number of fused-ring (bicyclic) bond motifs is 3. The molecule has 6 rings (SSSR count). The van der Waals surface area contributed by atoms with Crippen LogP contribution in [0.3, 0.4) is 0 Å². The fraction of sp³-hybridized carbons (Fsp3) is 0.207. The molecule has 0 bridgehead atoms. The van der Waals surface area contributed by atoms with Crippen molar-refractivity contribution in [1.82, 2.24) is 4.98 Å². The molecule has 0 saturated carbocycles. The largest absolute Gasteiger partial charge is 0.452 e. The number of nitrogens with zero attached hydrogens (tertiary/aromatic N) is 2. The fourth-order valence-corrected chi connectivity index (χ4v) is 5.95. The highest BCUT2D eigenvalue weighted by atomic mass is 32.1. The molecule has 1 unspecified atom stereocenters. The third-order valence-corrected chi connectivity index (χ3v) is 7.63. The number of benzene rings is 2. The van der Waals surface area contributed by atoms with Gasteiger partial charge < -0.3 is 9.64 Å². The molecule has 0 N–H and O–H groups in total. The van der Waals surface area contributed by atoms with E-state index in [1.165, 1.54) is 0 Å². The summed E-state index contributed by atoms with van der Waals surface area (Å²) in [6.45, 7) is 1.73. The molecule has 1 amide bonds. The molecule has 1 atom stereocenters. The van der Waals surface area contributed by atoms with Crippen LogP contribution in [0.5, 0.6) is 0 Å². The molecule has 35 heavy (non-hydrogen) atoms. The Morgan fingerprint density at radius 3 is 2.77 bits per heavy atom. The van der Waals surface area contributed by atoms with E-state index in [-0.39, 0.29) is 18.6 Å². The van der Waals surface area contributed by atoms with Gasteiger partial charge in [0.1, 0.15) is 0 Å². The molecule has 174 valence electrons. The quantitative estimate of drug-likeness (QED) is 0.340. The minimum absolute atomic E-state index is 0.0366. The first-order valence-corrected chi connectivity index (χ1v) is 12.7. The Bertz CT molecular complexity index is 1490. The number of carbonyl (C=O) groups is 2. The van der Waals surface area contributed by atoms with Gasteiger partial charge in [0, 0.05) is 22.0 Å². The average Bonchev–Trinajstić information content (AvgIpc) is 3.60. The van der Waals surface area contributed by atoms with Crippen LogP contribution >= 0.6 is 11.3 Å². The minimum Gasteiger partial charge on any atom is -0.452 e. The molecule has 2 aromatic carbocycles. The van der Waals surface area contributed by atoms with Crippen LogP contribution in [0.2, 0.25) is 0 Å². The summed E-state index contributed by atoms with van der Waals surface area (Å²) in [5, 5.41) is 2.82. The van der Waals surface area contributed by atoms with E-state index in [0.717, 1.165) is 63.1 Å². The van der Waals surface area contributed by atoms with Crippen molar-refractivity contribution in [3.63, 3.8) is 0 Å². The third kappa shape index (κ3) is 3.84. The van der Waals surface area contributed by atoms with Crippen LogP contribution in [0.1, 0.15) is 45.4 Å². The summed E-state index contributed by atoms with van der Waals surface area (Å²) in [6, 6.07) is 19.7. The number of thiophene rings is 1. The molecule has 1 aliphatic heterocycles. The lowest BCUT2D eigenvalue weighted by molar-refractivity contribution is -0.122. The molecule has 6 heteroatoms. The van der Waals surface area contributed by atoms with Crippen molar-refractivity contribution in [3.05, 3.63) is 93.3 Å². The molecule has 2 aromatic heterocycles. The van der Waals surface area contributed by atoms with Gasteiger partial charge in [-0.05, 0) is 72.5 Å². The molecule has 5 nitrogen and oxygen atoms in total. The number of para-hydroxylation sites is 2. The van der Waals surface area contributed by atoms with E-state index < -0.39 is 5.97 Å². The molecule has 3 heterocycles. The summed E-state index contributed by atoms with van der Waals surface area (Å²) in [7, 11) is 0. The zero-order valence-electron chi connectivity index (χ0n) is 19.4. The van der Waals surface area contributed by atoms with Gasteiger partial charge in [-0.15, -0.1) is 11.3 Å². The topological polar surface area (TPSA) is 59.5 Å². The van der Waals surface area contributed by atoms with E-state index in [4.69, 9.17) is 9.72 Å². The standard InChI is InChI=1S/C29H24N2O3S/c1-18-15-19-7-2-5-11-25(19)31(18)26(32)17-34-29(33)27-22-9-3-4-10-24(22)30-28-20(12-13-23(27)28)16-21-8-6-14-35-21/h2-11,14,16,18H,12-13,15,17H2,1H3. The van der Waals surface area contributed by atoms with Gasteiger partial charge in [-0.1, -0.05) is 42.5 Å². The molecular weight excluding hydrogens is 456 g/mol. The van der Waals surface area contributed by atoms with Crippen LogP contribution in [0.15, 0.2) is 66.0 Å². The second kappa shape index (κ2) is 8.78. The van der Waals surface area contributed by atoms with Crippen molar-refractivity contribution in [2.75, 3.05) is 11.5 Å². The first-order valence-electron chi connectivity index (χ1n) is 11.8. The van der Waals surface area contributed by atoms with E-state index in [9.17, 15) is 9.59 Å². The van der Waals surface area contributed by atoms with Crippen molar-refractivity contribution in [2.45, 2.75) is 32.2 Å². The van der Waals surface area contributed by atoms with Crippen LogP contribution in [0.4, 0.5) is 5.69 Å². The lowest BCUT2D eigenvalue weighted by atomic mass is 10.0. The van der Waals surface area contributed by atoms with Crippen LogP contribution in [-0.2, 0) is 22.4 Å². The number of esters is 1. The number of pyridine rings is 1. The Hall–Kier alpha value is -3.77. The summed E-state index contributed by atoms with van der Waals surface area (Å²) in [6.07, 6.45) is 4.50. The maximum Gasteiger partial charge on any atom is 0.339 e. The second-order valence-electron chi connectivity index (χ2n) is 9.04. The van der Waals surface area contributed by atoms with Crippen molar-refractivity contribution in [2.24, 2.45) is 0 Å². The van der Waals surface area contributed by atoms with Gasteiger partial charge in [0.15, 0.2) is 6.61 Å². The number of anilines is 1. The molecular formula is C29H24N2O3S. The Labute approximate surface area is 207 Å². The predicted octanol–water partition coefficient (Wildman–Crippen LogP) is 5.92. The molecule has 0 saturated heterocycles. The Morgan fingerprint density at radius 2 is 1.91 bits per heavy atom. The van der Waals surface area contributed by atoms with E-state index in [1.807, 2.05) is 61.5 Å². The van der Waals surface area contributed by atoms with Gasteiger partial charge >= 0.3 is 5.97 Å². The summed E-state index contributed by atoms with van der Waals surface area (Å²) in [4.78, 5) is 34.4. The molecule has 4 aromatic rings. The average molecular weight is 481 g/mol. The zero-order chi connectivity index (χ0) is 23.9. The highest BCUT2D eigenvalue weighted by Crippen LogP contribution is 2.38.